The molecule has 1 spiro atoms. The zero-order chi connectivity index (χ0) is 8.44. The van der Waals surface area contributed by atoms with Gasteiger partial charge in [-0.25, -0.2) is 0 Å². The molecule has 1 aliphatic carbocycles. The lowest BCUT2D eigenvalue weighted by atomic mass is 9.75. The molecule has 0 aromatic carbocycles. The van der Waals surface area contributed by atoms with E-state index < -0.39 is 0 Å². The van der Waals surface area contributed by atoms with Gasteiger partial charge in [0.15, 0.2) is 0 Å². The Bertz CT molecular complexity index is 217. The Morgan fingerprint density at radius 2 is 2.00 bits per heavy atom. The standard InChI is InChI=1S/C11H17N/c1-2-3-9-12-10-5-8-11(12)6-4-7-11/h4-10H2,1H3. The van der Waals surface area contributed by atoms with Crippen LogP contribution in [0.4, 0.5) is 0 Å². The Hall–Kier alpha value is -0.480. The molecule has 2 fully saturated rings. The maximum atomic E-state index is 3.19. The second-order valence-electron chi connectivity index (χ2n) is 4.03. The highest BCUT2D eigenvalue weighted by atomic mass is 15.2. The van der Waals surface area contributed by atoms with Crippen LogP contribution in [0.15, 0.2) is 0 Å². The Labute approximate surface area is 75.1 Å². The van der Waals surface area contributed by atoms with Crippen molar-refractivity contribution in [1.82, 2.24) is 4.90 Å². The summed E-state index contributed by atoms with van der Waals surface area (Å²) >= 11 is 0. The quantitative estimate of drug-likeness (QED) is 0.535. The summed E-state index contributed by atoms with van der Waals surface area (Å²) in [5, 5.41) is 0. The lowest BCUT2D eigenvalue weighted by Crippen LogP contribution is -2.49. The molecule has 0 aromatic rings. The van der Waals surface area contributed by atoms with Crippen LogP contribution < -0.4 is 0 Å². The fourth-order valence-electron chi connectivity index (χ4n) is 2.57. The zero-order valence-electron chi connectivity index (χ0n) is 7.90. The van der Waals surface area contributed by atoms with Gasteiger partial charge in [-0.15, -0.1) is 5.92 Å². The summed E-state index contributed by atoms with van der Waals surface area (Å²) in [6.45, 7) is 4.23. The van der Waals surface area contributed by atoms with Crippen molar-refractivity contribution in [3.8, 4) is 11.8 Å². The van der Waals surface area contributed by atoms with E-state index in [1.54, 1.807) is 0 Å². The predicted octanol–water partition coefficient (Wildman–Crippen LogP) is 2.03. The van der Waals surface area contributed by atoms with E-state index in [9.17, 15) is 0 Å². The molecule has 2 rings (SSSR count). The molecule has 1 heteroatoms. The molecule has 0 amide bonds. The third-order valence-corrected chi connectivity index (χ3v) is 3.47. The summed E-state index contributed by atoms with van der Waals surface area (Å²) in [5.41, 5.74) is 0.615. The zero-order valence-corrected chi connectivity index (χ0v) is 7.90. The van der Waals surface area contributed by atoms with Crippen molar-refractivity contribution in [2.24, 2.45) is 0 Å². The molecule has 2 aliphatic rings. The summed E-state index contributed by atoms with van der Waals surface area (Å²) < 4.78 is 0. The van der Waals surface area contributed by atoms with Gasteiger partial charge in [-0.3, -0.25) is 4.90 Å². The molecule has 66 valence electrons. The molecule has 12 heavy (non-hydrogen) atoms. The third kappa shape index (κ3) is 1.15. The van der Waals surface area contributed by atoms with E-state index in [1.165, 1.54) is 38.6 Å². The Kier molecular flexibility index (Phi) is 2.11. The van der Waals surface area contributed by atoms with E-state index in [0.29, 0.717) is 5.54 Å². The van der Waals surface area contributed by atoms with E-state index >= 15 is 0 Å². The average molecular weight is 163 g/mol. The Morgan fingerprint density at radius 3 is 2.58 bits per heavy atom. The first-order valence-electron chi connectivity index (χ1n) is 5.02. The van der Waals surface area contributed by atoms with Crippen molar-refractivity contribution in [2.45, 2.75) is 44.6 Å². The SMILES string of the molecule is CC#CCN1CCCC12CCC2. The average Bonchev–Trinajstić information content (AvgIpc) is 2.42. The molecular formula is C11H17N. The smallest absolute Gasteiger partial charge is 0.0606 e. The maximum Gasteiger partial charge on any atom is 0.0606 e. The van der Waals surface area contributed by atoms with Gasteiger partial charge in [0, 0.05) is 5.54 Å². The van der Waals surface area contributed by atoms with Gasteiger partial charge < -0.3 is 0 Å². The molecule has 1 nitrogen and oxygen atoms in total. The first-order chi connectivity index (χ1) is 5.87. The molecule has 0 radical (unpaired) electrons. The molecule has 0 bridgehead atoms. The van der Waals surface area contributed by atoms with Crippen LogP contribution in [0.5, 0.6) is 0 Å². The van der Waals surface area contributed by atoms with E-state index in [2.05, 4.69) is 16.7 Å². The highest BCUT2D eigenvalue weighted by Gasteiger charge is 2.44. The highest BCUT2D eigenvalue weighted by Crippen LogP contribution is 2.44. The number of nitrogens with zero attached hydrogens (tertiary/aromatic N) is 1. The fraction of sp³-hybridized carbons (Fsp3) is 0.818. The van der Waals surface area contributed by atoms with Gasteiger partial charge in [-0.05, 0) is 45.6 Å². The highest BCUT2D eigenvalue weighted by molar-refractivity contribution is 5.07. The van der Waals surface area contributed by atoms with Gasteiger partial charge in [-0.1, -0.05) is 5.92 Å². The molecule has 1 saturated heterocycles. The van der Waals surface area contributed by atoms with Gasteiger partial charge in [0.1, 0.15) is 0 Å². The summed E-state index contributed by atoms with van der Waals surface area (Å²) in [6, 6.07) is 0. The monoisotopic (exact) mass is 163 g/mol. The van der Waals surface area contributed by atoms with Gasteiger partial charge >= 0.3 is 0 Å². The Balaban J connectivity index is 1.98. The van der Waals surface area contributed by atoms with Crippen LogP contribution in [0.3, 0.4) is 0 Å². The van der Waals surface area contributed by atoms with E-state index in [0.717, 1.165) is 6.54 Å². The largest absolute Gasteiger partial charge is 0.287 e. The van der Waals surface area contributed by atoms with Crippen molar-refractivity contribution in [2.75, 3.05) is 13.1 Å². The minimum atomic E-state index is 0.615. The minimum absolute atomic E-state index is 0.615. The molecule has 0 aromatic heterocycles. The van der Waals surface area contributed by atoms with Gasteiger partial charge in [0.2, 0.25) is 0 Å². The first kappa shape index (κ1) is 8.13. The van der Waals surface area contributed by atoms with E-state index in [4.69, 9.17) is 0 Å². The summed E-state index contributed by atoms with van der Waals surface area (Å²) in [4.78, 5) is 2.60. The molecule has 1 heterocycles. The summed E-state index contributed by atoms with van der Waals surface area (Å²) in [7, 11) is 0. The molecule has 1 saturated carbocycles. The summed E-state index contributed by atoms with van der Waals surface area (Å²) in [6.07, 6.45) is 7.12. The van der Waals surface area contributed by atoms with Crippen molar-refractivity contribution in [3.63, 3.8) is 0 Å². The number of likely N-dealkylation sites (tertiary alicyclic amines) is 1. The number of hydrogen-bond acceptors (Lipinski definition) is 1. The molecule has 0 unspecified atom stereocenters. The Morgan fingerprint density at radius 1 is 1.25 bits per heavy atom. The van der Waals surface area contributed by atoms with E-state index in [-0.39, 0.29) is 0 Å². The van der Waals surface area contributed by atoms with Crippen LogP contribution in [0.1, 0.15) is 39.0 Å². The van der Waals surface area contributed by atoms with Gasteiger partial charge in [0.25, 0.3) is 0 Å². The topological polar surface area (TPSA) is 3.24 Å². The van der Waals surface area contributed by atoms with Crippen molar-refractivity contribution >= 4 is 0 Å². The first-order valence-corrected chi connectivity index (χ1v) is 5.02. The van der Waals surface area contributed by atoms with Crippen LogP contribution in [-0.2, 0) is 0 Å². The minimum Gasteiger partial charge on any atom is -0.287 e. The van der Waals surface area contributed by atoms with Crippen molar-refractivity contribution in [3.05, 3.63) is 0 Å². The number of hydrogen-bond donors (Lipinski definition) is 0. The third-order valence-electron chi connectivity index (χ3n) is 3.47. The van der Waals surface area contributed by atoms with Crippen molar-refractivity contribution < 1.29 is 0 Å². The number of rotatable bonds is 1. The molecule has 0 atom stereocenters. The predicted molar refractivity (Wildman–Crippen MR) is 50.8 cm³/mol. The molecule has 1 aliphatic heterocycles. The second-order valence-corrected chi connectivity index (χ2v) is 4.03. The maximum absolute atomic E-state index is 3.19. The van der Waals surface area contributed by atoms with Crippen LogP contribution in [0.2, 0.25) is 0 Å². The fourth-order valence-corrected chi connectivity index (χ4v) is 2.57. The van der Waals surface area contributed by atoms with Crippen LogP contribution >= 0.6 is 0 Å². The van der Waals surface area contributed by atoms with Crippen LogP contribution in [0, 0.1) is 11.8 Å². The van der Waals surface area contributed by atoms with Crippen LogP contribution in [0.25, 0.3) is 0 Å². The van der Waals surface area contributed by atoms with Gasteiger partial charge in [0.05, 0.1) is 6.54 Å². The molecule has 0 N–H and O–H groups in total. The summed E-state index contributed by atoms with van der Waals surface area (Å²) in [5.74, 6) is 6.18. The normalized spacial score (nSPS) is 26.4. The lowest BCUT2D eigenvalue weighted by molar-refractivity contribution is 0.0685. The van der Waals surface area contributed by atoms with Gasteiger partial charge in [-0.2, -0.15) is 0 Å². The van der Waals surface area contributed by atoms with E-state index in [1.807, 2.05) is 6.92 Å². The second kappa shape index (κ2) is 3.11. The van der Waals surface area contributed by atoms with Crippen molar-refractivity contribution in [1.29, 1.82) is 0 Å². The van der Waals surface area contributed by atoms with Crippen LogP contribution in [-0.4, -0.2) is 23.5 Å². The lowest BCUT2D eigenvalue weighted by Gasteiger charge is -2.45. The molecular weight excluding hydrogens is 146 g/mol.